The Morgan fingerprint density at radius 2 is 2.14 bits per heavy atom. The molecule has 1 rings (SSSR count). The predicted octanol–water partition coefficient (Wildman–Crippen LogP) is 3.08. The molecule has 14 heavy (non-hydrogen) atoms. The maximum atomic E-state index is 8.83. The van der Waals surface area contributed by atoms with Crippen LogP contribution in [0.1, 0.15) is 37.3 Å². The highest BCUT2D eigenvalue weighted by molar-refractivity contribution is 5.41. The molecule has 1 unspecified atom stereocenters. The van der Waals surface area contributed by atoms with Gasteiger partial charge < -0.3 is 4.74 Å². The second-order valence-electron chi connectivity index (χ2n) is 3.42. The summed E-state index contributed by atoms with van der Waals surface area (Å²) >= 11 is 0. The Kier molecular flexibility index (Phi) is 3.53. The molecular formula is C12H15NO. The lowest BCUT2D eigenvalue weighted by Crippen LogP contribution is -1.94. The van der Waals surface area contributed by atoms with Crippen molar-refractivity contribution >= 4 is 0 Å². The fourth-order valence-electron chi connectivity index (χ4n) is 1.32. The van der Waals surface area contributed by atoms with Gasteiger partial charge in [0.25, 0.3) is 0 Å². The van der Waals surface area contributed by atoms with E-state index >= 15 is 0 Å². The van der Waals surface area contributed by atoms with E-state index in [9.17, 15) is 0 Å². The van der Waals surface area contributed by atoms with E-state index in [1.54, 1.807) is 13.2 Å². The van der Waals surface area contributed by atoms with E-state index in [0.717, 1.165) is 12.2 Å². The topological polar surface area (TPSA) is 33.0 Å². The van der Waals surface area contributed by atoms with Gasteiger partial charge in [-0.3, -0.25) is 0 Å². The smallest absolute Gasteiger partial charge is 0.120 e. The van der Waals surface area contributed by atoms with Gasteiger partial charge in [-0.15, -0.1) is 0 Å². The molecule has 0 aliphatic rings. The Bertz CT molecular complexity index is 352. The van der Waals surface area contributed by atoms with Crippen molar-refractivity contribution in [2.75, 3.05) is 7.11 Å². The van der Waals surface area contributed by atoms with Gasteiger partial charge in [-0.25, -0.2) is 0 Å². The van der Waals surface area contributed by atoms with E-state index in [1.807, 2.05) is 12.1 Å². The minimum absolute atomic E-state index is 0.470. The fraction of sp³-hybridized carbons (Fsp3) is 0.417. The summed E-state index contributed by atoms with van der Waals surface area (Å²) in [6, 6.07) is 7.82. The van der Waals surface area contributed by atoms with Crippen molar-refractivity contribution < 1.29 is 4.74 Å². The van der Waals surface area contributed by atoms with Crippen molar-refractivity contribution in [1.82, 2.24) is 0 Å². The highest BCUT2D eigenvalue weighted by Crippen LogP contribution is 2.24. The van der Waals surface area contributed by atoms with Gasteiger partial charge in [0.1, 0.15) is 5.75 Å². The van der Waals surface area contributed by atoms with Crippen LogP contribution in [0.3, 0.4) is 0 Å². The summed E-state index contributed by atoms with van der Waals surface area (Å²) in [4.78, 5) is 0. The molecule has 2 nitrogen and oxygen atoms in total. The summed E-state index contributed by atoms with van der Waals surface area (Å²) < 4.78 is 5.14. The van der Waals surface area contributed by atoms with Gasteiger partial charge in [0.15, 0.2) is 0 Å². The second-order valence-corrected chi connectivity index (χ2v) is 3.42. The van der Waals surface area contributed by atoms with Crippen LogP contribution < -0.4 is 4.74 Å². The maximum absolute atomic E-state index is 8.83. The van der Waals surface area contributed by atoms with E-state index in [1.165, 1.54) is 5.56 Å². The molecule has 1 aromatic carbocycles. The first kappa shape index (κ1) is 10.6. The van der Waals surface area contributed by atoms with Crippen LogP contribution in [0.2, 0.25) is 0 Å². The number of ether oxygens (including phenoxy) is 1. The highest BCUT2D eigenvalue weighted by Gasteiger charge is 2.06. The van der Waals surface area contributed by atoms with Gasteiger partial charge in [-0.1, -0.05) is 13.8 Å². The maximum Gasteiger partial charge on any atom is 0.120 e. The normalized spacial score (nSPS) is 11.9. The van der Waals surface area contributed by atoms with Gasteiger partial charge in [-0.05, 0) is 36.1 Å². The van der Waals surface area contributed by atoms with Crippen LogP contribution in [0.5, 0.6) is 5.75 Å². The standard InChI is InChI=1S/C12H15NO/c1-4-9(2)11-5-10(8-13)6-12(7-11)14-3/h5-7,9H,4H2,1-3H3. The van der Waals surface area contributed by atoms with Crippen molar-refractivity contribution in [1.29, 1.82) is 5.26 Å². The Morgan fingerprint density at radius 3 is 2.64 bits per heavy atom. The van der Waals surface area contributed by atoms with Crippen molar-refractivity contribution in [3.05, 3.63) is 29.3 Å². The molecule has 0 saturated heterocycles. The summed E-state index contributed by atoms with van der Waals surface area (Å²) in [5.41, 5.74) is 1.84. The monoisotopic (exact) mass is 189 g/mol. The van der Waals surface area contributed by atoms with E-state index in [2.05, 4.69) is 19.9 Å². The molecule has 0 saturated carbocycles. The van der Waals surface area contributed by atoms with Crippen LogP contribution in [0.25, 0.3) is 0 Å². The SMILES string of the molecule is CCC(C)c1cc(C#N)cc(OC)c1. The fourth-order valence-corrected chi connectivity index (χ4v) is 1.32. The summed E-state index contributed by atoms with van der Waals surface area (Å²) in [5.74, 6) is 1.23. The average molecular weight is 189 g/mol. The molecular weight excluding hydrogens is 174 g/mol. The second kappa shape index (κ2) is 4.66. The Hall–Kier alpha value is -1.49. The molecule has 0 aromatic heterocycles. The van der Waals surface area contributed by atoms with Gasteiger partial charge in [0.2, 0.25) is 0 Å². The van der Waals surface area contributed by atoms with Crippen LogP contribution in [0.15, 0.2) is 18.2 Å². The number of nitrogens with zero attached hydrogens (tertiary/aromatic N) is 1. The number of hydrogen-bond donors (Lipinski definition) is 0. The average Bonchev–Trinajstić information content (AvgIpc) is 2.27. The molecule has 0 N–H and O–H groups in total. The van der Waals surface area contributed by atoms with Crippen molar-refractivity contribution in [2.45, 2.75) is 26.2 Å². The quantitative estimate of drug-likeness (QED) is 0.732. The molecule has 74 valence electrons. The van der Waals surface area contributed by atoms with Crippen LogP contribution in [-0.2, 0) is 0 Å². The van der Waals surface area contributed by atoms with Crippen LogP contribution in [0.4, 0.5) is 0 Å². The predicted molar refractivity (Wildman–Crippen MR) is 56.4 cm³/mol. The van der Waals surface area contributed by atoms with Crippen LogP contribution in [-0.4, -0.2) is 7.11 Å². The third-order valence-electron chi connectivity index (χ3n) is 2.48. The van der Waals surface area contributed by atoms with E-state index in [0.29, 0.717) is 11.5 Å². The molecule has 0 spiro atoms. The number of rotatable bonds is 3. The van der Waals surface area contributed by atoms with Crippen LogP contribution >= 0.6 is 0 Å². The molecule has 0 aliphatic heterocycles. The van der Waals surface area contributed by atoms with Crippen molar-refractivity contribution in [3.63, 3.8) is 0 Å². The van der Waals surface area contributed by atoms with E-state index in [4.69, 9.17) is 10.00 Å². The van der Waals surface area contributed by atoms with Gasteiger partial charge in [0.05, 0.1) is 18.7 Å². The molecule has 0 radical (unpaired) electrons. The first-order chi connectivity index (χ1) is 6.71. The molecule has 0 aliphatic carbocycles. The highest BCUT2D eigenvalue weighted by atomic mass is 16.5. The number of nitriles is 1. The zero-order valence-corrected chi connectivity index (χ0v) is 8.87. The third-order valence-corrected chi connectivity index (χ3v) is 2.48. The summed E-state index contributed by atoms with van der Waals surface area (Å²) in [6.07, 6.45) is 1.07. The lowest BCUT2D eigenvalue weighted by molar-refractivity contribution is 0.413. The Labute approximate surface area is 85.1 Å². The largest absolute Gasteiger partial charge is 0.497 e. The summed E-state index contributed by atoms with van der Waals surface area (Å²) in [7, 11) is 1.62. The minimum Gasteiger partial charge on any atom is -0.497 e. The molecule has 1 aromatic rings. The lowest BCUT2D eigenvalue weighted by atomic mass is 9.97. The number of benzene rings is 1. The number of methoxy groups -OCH3 is 1. The molecule has 1 atom stereocenters. The van der Waals surface area contributed by atoms with Crippen molar-refractivity contribution in [3.8, 4) is 11.8 Å². The van der Waals surface area contributed by atoms with Crippen molar-refractivity contribution in [2.24, 2.45) is 0 Å². The first-order valence-corrected chi connectivity index (χ1v) is 4.80. The minimum atomic E-state index is 0.470. The van der Waals surface area contributed by atoms with Gasteiger partial charge in [0, 0.05) is 0 Å². The zero-order valence-electron chi connectivity index (χ0n) is 8.87. The Balaban J connectivity index is 3.12. The first-order valence-electron chi connectivity index (χ1n) is 4.80. The Morgan fingerprint density at radius 1 is 1.43 bits per heavy atom. The molecule has 0 fully saturated rings. The van der Waals surface area contributed by atoms with E-state index < -0.39 is 0 Å². The third kappa shape index (κ3) is 2.26. The summed E-state index contributed by atoms with van der Waals surface area (Å²) in [5, 5.41) is 8.83. The van der Waals surface area contributed by atoms with E-state index in [-0.39, 0.29) is 0 Å². The summed E-state index contributed by atoms with van der Waals surface area (Å²) in [6.45, 7) is 4.28. The molecule has 0 bridgehead atoms. The van der Waals surface area contributed by atoms with Gasteiger partial charge >= 0.3 is 0 Å². The zero-order chi connectivity index (χ0) is 10.6. The molecule has 0 amide bonds. The van der Waals surface area contributed by atoms with Gasteiger partial charge in [-0.2, -0.15) is 5.26 Å². The molecule has 0 heterocycles. The lowest BCUT2D eigenvalue weighted by Gasteiger charge is -2.10. The molecule has 2 heteroatoms. The van der Waals surface area contributed by atoms with Crippen LogP contribution in [0, 0.1) is 11.3 Å². The number of hydrogen-bond acceptors (Lipinski definition) is 2.